The van der Waals surface area contributed by atoms with E-state index in [-0.39, 0.29) is 44.3 Å². The fourth-order valence-corrected chi connectivity index (χ4v) is 6.25. The van der Waals surface area contributed by atoms with Crippen LogP contribution in [-0.2, 0) is 51.4 Å². The normalized spacial score (nSPS) is 12.8. The maximum absolute atomic E-state index is 12.2. The van der Waals surface area contributed by atoms with Gasteiger partial charge in [-0.25, -0.2) is 9.97 Å². The second kappa shape index (κ2) is 14.1. The first-order valence-corrected chi connectivity index (χ1v) is 15.3. The molecule has 2 aliphatic heterocycles. The molecule has 45 heavy (non-hydrogen) atoms. The summed E-state index contributed by atoms with van der Waals surface area (Å²) >= 11 is 0. The average Bonchev–Trinajstić information content (AvgIpc) is 3.67. The van der Waals surface area contributed by atoms with Crippen molar-refractivity contribution in [2.75, 3.05) is 14.2 Å². The smallest absolute Gasteiger partial charge is 0.657 e. The quantitative estimate of drug-likeness (QED) is 0.187. The summed E-state index contributed by atoms with van der Waals surface area (Å²) in [6.07, 6.45) is 3.12. The van der Waals surface area contributed by atoms with Crippen molar-refractivity contribution in [3.8, 4) is 0 Å². The Morgan fingerprint density at radius 1 is 0.622 bits per heavy atom. The van der Waals surface area contributed by atoms with E-state index in [4.69, 9.17) is 29.4 Å². The maximum Gasteiger partial charge on any atom is 2.00 e. The van der Waals surface area contributed by atoms with E-state index >= 15 is 0 Å². The Labute approximate surface area is 277 Å². The van der Waals surface area contributed by atoms with E-state index in [9.17, 15) is 9.59 Å². The Kier molecular flexibility index (Phi) is 10.6. The Hall–Kier alpha value is -3.84. The number of allylic oxidation sites excluding steroid dienone is 4. The van der Waals surface area contributed by atoms with Crippen molar-refractivity contribution in [1.82, 2.24) is 19.9 Å². The van der Waals surface area contributed by atoms with Gasteiger partial charge in [-0.2, -0.15) is 0 Å². The summed E-state index contributed by atoms with van der Waals surface area (Å²) < 4.78 is 9.89. The summed E-state index contributed by atoms with van der Waals surface area (Å²) in [5, 5.41) is 0. The van der Waals surface area contributed by atoms with Crippen LogP contribution in [0.1, 0.15) is 98.4 Å². The number of hydrogen-bond donors (Lipinski definition) is 0. The van der Waals surface area contributed by atoms with Gasteiger partial charge in [0.05, 0.1) is 37.0 Å². The molecule has 3 aromatic rings. The van der Waals surface area contributed by atoms with Gasteiger partial charge in [-0.1, -0.05) is 60.4 Å². The summed E-state index contributed by atoms with van der Waals surface area (Å²) in [6, 6.07) is 8.19. The van der Waals surface area contributed by atoms with Gasteiger partial charge in [0.2, 0.25) is 0 Å². The van der Waals surface area contributed by atoms with Gasteiger partial charge < -0.3 is 19.4 Å². The van der Waals surface area contributed by atoms with E-state index in [1.54, 1.807) is 0 Å². The van der Waals surface area contributed by atoms with Crippen LogP contribution in [0.15, 0.2) is 24.3 Å². The summed E-state index contributed by atoms with van der Waals surface area (Å²) in [7, 11) is 2.80. The number of fused-ring (bicyclic) bond motifs is 8. The molecule has 0 N–H and O–H groups in total. The molecule has 230 valence electrons. The monoisotopic (exact) mass is 656 g/mol. The zero-order valence-electron chi connectivity index (χ0n) is 27.7. The molecule has 0 saturated heterocycles. The topological polar surface area (TPSA) is 107 Å². The van der Waals surface area contributed by atoms with Crippen LogP contribution in [-0.4, -0.2) is 36.1 Å². The zero-order chi connectivity index (χ0) is 31.7. The van der Waals surface area contributed by atoms with Crippen molar-refractivity contribution in [1.29, 1.82) is 0 Å². The number of hydrogen-bond acceptors (Lipinski definition) is 6. The molecule has 0 atom stereocenters. The Morgan fingerprint density at radius 3 is 1.62 bits per heavy atom. The molecule has 8 nitrogen and oxygen atoms in total. The Bertz CT molecular complexity index is 1890. The van der Waals surface area contributed by atoms with Crippen LogP contribution in [0.3, 0.4) is 0 Å². The van der Waals surface area contributed by atoms with Crippen molar-refractivity contribution in [2.45, 2.75) is 80.1 Å². The number of rotatable bonds is 8. The van der Waals surface area contributed by atoms with E-state index in [1.165, 1.54) is 25.4 Å². The summed E-state index contributed by atoms with van der Waals surface area (Å²) in [5.41, 5.74) is 15.3. The van der Waals surface area contributed by atoms with Crippen LogP contribution < -0.4 is 9.97 Å². The third-order valence-corrected chi connectivity index (χ3v) is 8.96. The number of ether oxygens (including phenoxy) is 2. The van der Waals surface area contributed by atoms with E-state index in [0.717, 1.165) is 91.1 Å². The third kappa shape index (κ3) is 6.60. The zero-order valence-corrected chi connectivity index (χ0v) is 30.6. The van der Waals surface area contributed by atoms with E-state index < -0.39 is 0 Å². The van der Waals surface area contributed by atoms with Gasteiger partial charge in [-0.3, -0.25) is 9.59 Å². The Balaban J connectivity index is 0.00000461. The van der Waals surface area contributed by atoms with Gasteiger partial charge in [0, 0.05) is 12.8 Å². The second-order valence-electron chi connectivity index (χ2n) is 11.4. The van der Waals surface area contributed by atoms with Gasteiger partial charge >= 0.3 is 31.4 Å². The molecule has 0 aliphatic carbocycles. The first-order valence-electron chi connectivity index (χ1n) is 15.3. The predicted molar refractivity (Wildman–Crippen MR) is 175 cm³/mol. The SMILES string of the molecule is CCC1=C(C)c2cc3[n-]c(cc4nc(cc5[n-]c(cc1n2)c(C)c5CCC(=O)OC)C(CCC(=O)OC)=C4C)c(C)c3CC.[Zn+2]. The molecule has 8 bridgehead atoms. The molecule has 5 heterocycles. The molecule has 0 unspecified atom stereocenters. The van der Waals surface area contributed by atoms with Crippen LogP contribution in [0.2, 0.25) is 0 Å². The van der Waals surface area contributed by atoms with Crippen molar-refractivity contribution in [2.24, 2.45) is 0 Å². The maximum atomic E-state index is 12.2. The van der Waals surface area contributed by atoms with Gasteiger partial charge in [0.1, 0.15) is 0 Å². The Morgan fingerprint density at radius 2 is 1.07 bits per heavy atom. The molecular weight excluding hydrogens is 618 g/mol. The number of esters is 2. The van der Waals surface area contributed by atoms with Crippen molar-refractivity contribution in [3.63, 3.8) is 0 Å². The van der Waals surface area contributed by atoms with E-state index in [2.05, 4.69) is 39.8 Å². The number of nitrogens with zero attached hydrogens (tertiary/aromatic N) is 4. The average molecular weight is 658 g/mol. The van der Waals surface area contributed by atoms with Crippen LogP contribution in [0, 0.1) is 13.8 Å². The van der Waals surface area contributed by atoms with E-state index in [0.29, 0.717) is 12.8 Å². The largest absolute Gasteiger partial charge is 2.00 e. The van der Waals surface area contributed by atoms with Gasteiger partial charge in [-0.15, -0.1) is 22.1 Å². The third-order valence-electron chi connectivity index (χ3n) is 8.96. The van der Waals surface area contributed by atoms with Crippen LogP contribution in [0.4, 0.5) is 0 Å². The molecule has 0 fully saturated rings. The molecular formula is C36H40N4O4Zn. The first-order chi connectivity index (χ1) is 21.1. The van der Waals surface area contributed by atoms with Crippen molar-refractivity contribution in [3.05, 3.63) is 69.3 Å². The molecule has 0 radical (unpaired) electrons. The number of aromatic nitrogens is 4. The molecule has 0 spiro atoms. The van der Waals surface area contributed by atoms with Crippen molar-refractivity contribution < 1.29 is 38.5 Å². The molecule has 2 aliphatic rings. The number of aryl methyl sites for hydroxylation is 4. The standard InChI is InChI=1S/C36H40N4O4.Zn/c1-9-23-19(3)27-15-28-21(5)25(11-13-35(41)43-7)33(39-28)18-34-26(12-14-36(42)44-8)22(6)30(40-34)17-32-24(10-2)20(4)29(38-32)16-31(23)37-27;/h15-18H,9-14H2,1-8H3;/q-2;+2. The second-order valence-corrected chi connectivity index (χ2v) is 11.4. The number of carbonyl (C=O) groups excluding carboxylic acids is 2. The summed E-state index contributed by atoms with van der Waals surface area (Å²) in [5.74, 6) is -0.550. The number of carbonyl (C=O) groups is 2. The first kappa shape index (κ1) is 34.0. The van der Waals surface area contributed by atoms with Gasteiger partial charge in [0.15, 0.2) is 0 Å². The fourth-order valence-electron chi connectivity index (χ4n) is 6.25. The fraction of sp³-hybridized carbons (Fsp3) is 0.389. The van der Waals surface area contributed by atoms with Crippen LogP contribution in [0.25, 0.3) is 44.4 Å². The van der Waals surface area contributed by atoms with E-state index in [1.807, 2.05) is 26.0 Å². The van der Waals surface area contributed by atoms with Gasteiger partial charge in [-0.05, 0) is 75.7 Å². The summed E-state index contributed by atoms with van der Waals surface area (Å²) in [6.45, 7) is 12.6. The summed E-state index contributed by atoms with van der Waals surface area (Å²) in [4.78, 5) is 44.6. The molecule has 0 amide bonds. The van der Waals surface area contributed by atoms with Crippen LogP contribution >= 0.6 is 0 Å². The van der Waals surface area contributed by atoms with Crippen molar-refractivity contribution >= 4 is 56.3 Å². The van der Waals surface area contributed by atoms with Gasteiger partial charge in [0.25, 0.3) is 0 Å². The molecule has 0 aromatic carbocycles. The molecule has 9 heteroatoms. The molecule has 5 rings (SSSR count). The predicted octanol–water partition coefficient (Wildman–Crippen LogP) is 7.08. The molecule has 0 saturated carbocycles. The minimum Gasteiger partial charge on any atom is -0.657 e. The molecule has 3 aromatic heterocycles. The minimum absolute atomic E-state index is 0. The minimum atomic E-state index is -0.275. The van der Waals surface area contributed by atoms with Crippen LogP contribution in [0.5, 0.6) is 0 Å². The number of methoxy groups -OCH3 is 2.